The first-order valence-electron chi connectivity index (χ1n) is 10.7. The number of nitrogens with zero attached hydrogens (tertiary/aromatic N) is 2. The van der Waals surface area contributed by atoms with Crippen LogP contribution in [0.1, 0.15) is 52.6 Å². The molecule has 0 radical (unpaired) electrons. The van der Waals surface area contributed by atoms with Crippen LogP contribution in [0.15, 0.2) is 48.3 Å². The fourth-order valence-corrected chi connectivity index (χ4v) is 4.07. The second kappa shape index (κ2) is 10.2. The molecular formula is C24H28F3N5O. The minimum Gasteiger partial charge on any atom is -0.394 e. The van der Waals surface area contributed by atoms with Crippen molar-refractivity contribution < 1.29 is 18.0 Å². The fourth-order valence-electron chi connectivity index (χ4n) is 4.07. The van der Waals surface area contributed by atoms with E-state index >= 15 is 0 Å². The van der Waals surface area contributed by atoms with Crippen molar-refractivity contribution in [2.75, 3.05) is 13.6 Å². The van der Waals surface area contributed by atoms with E-state index in [1.54, 1.807) is 19.4 Å². The molecule has 0 saturated carbocycles. The van der Waals surface area contributed by atoms with Crippen molar-refractivity contribution in [3.05, 3.63) is 76.2 Å². The summed E-state index contributed by atoms with van der Waals surface area (Å²) in [5.74, 6) is -0.0499. The number of carbonyl (C=O) groups is 1. The predicted octanol–water partition coefficient (Wildman–Crippen LogP) is 4.30. The van der Waals surface area contributed by atoms with Crippen molar-refractivity contribution in [1.29, 1.82) is 5.41 Å². The molecule has 2 heterocycles. The van der Waals surface area contributed by atoms with E-state index in [9.17, 15) is 18.0 Å². The second-order valence-electron chi connectivity index (χ2n) is 8.39. The number of benzene rings is 1. The molecule has 1 aliphatic heterocycles. The van der Waals surface area contributed by atoms with Crippen LogP contribution in [-0.4, -0.2) is 35.6 Å². The highest BCUT2D eigenvalue weighted by Gasteiger charge is 2.35. The Kier molecular flexibility index (Phi) is 7.53. The van der Waals surface area contributed by atoms with E-state index in [2.05, 4.69) is 34.4 Å². The lowest BCUT2D eigenvalue weighted by Gasteiger charge is -2.27. The fraction of sp³-hybridized carbons (Fsp3) is 0.375. The van der Waals surface area contributed by atoms with E-state index in [0.29, 0.717) is 24.2 Å². The third kappa shape index (κ3) is 5.78. The number of aromatic nitrogens is 1. The van der Waals surface area contributed by atoms with Gasteiger partial charge in [0.2, 0.25) is 0 Å². The van der Waals surface area contributed by atoms with Crippen molar-refractivity contribution in [2.45, 2.75) is 39.2 Å². The number of nitrogens with one attached hydrogen (secondary N) is 3. The Morgan fingerprint density at radius 2 is 2.00 bits per heavy atom. The minimum absolute atomic E-state index is 0.00230. The number of hydrogen-bond acceptors (Lipinski definition) is 5. The zero-order valence-electron chi connectivity index (χ0n) is 18.8. The van der Waals surface area contributed by atoms with Gasteiger partial charge in [-0.05, 0) is 35.2 Å². The summed E-state index contributed by atoms with van der Waals surface area (Å²) < 4.78 is 38.6. The first-order chi connectivity index (χ1) is 15.6. The van der Waals surface area contributed by atoms with Crippen LogP contribution in [0.3, 0.4) is 0 Å². The van der Waals surface area contributed by atoms with Gasteiger partial charge in [0.1, 0.15) is 0 Å². The van der Waals surface area contributed by atoms with Gasteiger partial charge < -0.3 is 16.0 Å². The summed E-state index contributed by atoms with van der Waals surface area (Å²) in [6.45, 7) is 5.41. The SMILES string of the molecule is CN/C=C(\C=N)CNC(=O)c1cnc2c(c1)CN(Cc1ccc(C(F)(F)F)cc1)C2C(C)C. The molecule has 1 atom stereocenters. The molecule has 1 aromatic heterocycles. The third-order valence-corrected chi connectivity index (χ3v) is 5.58. The van der Waals surface area contributed by atoms with Gasteiger partial charge in [-0.2, -0.15) is 13.2 Å². The van der Waals surface area contributed by atoms with Crippen molar-refractivity contribution >= 4 is 12.1 Å². The molecule has 1 aliphatic rings. The van der Waals surface area contributed by atoms with Gasteiger partial charge in [0, 0.05) is 50.9 Å². The van der Waals surface area contributed by atoms with E-state index < -0.39 is 11.7 Å². The number of alkyl halides is 3. The Morgan fingerprint density at radius 1 is 1.30 bits per heavy atom. The molecule has 1 amide bonds. The van der Waals surface area contributed by atoms with Crippen LogP contribution < -0.4 is 10.6 Å². The molecule has 33 heavy (non-hydrogen) atoms. The summed E-state index contributed by atoms with van der Waals surface area (Å²) >= 11 is 0. The zero-order chi connectivity index (χ0) is 24.2. The number of carbonyl (C=O) groups excluding carboxylic acids is 1. The van der Waals surface area contributed by atoms with E-state index in [4.69, 9.17) is 5.41 Å². The van der Waals surface area contributed by atoms with Gasteiger partial charge in [-0.25, -0.2) is 0 Å². The number of halogens is 3. The molecule has 2 aromatic rings. The number of fused-ring (bicyclic) bond motifs is 1. The summed E-state index contributed by atoms with van der Waals surface area (Å²) in [6.07, 6.45) is 0.00771. The van der Waals surface area contributed by atoms with Gasteiger partial charge in [-0.1, -0.05) is 26.0 Å². The second-order valence-corrected chi connectivity index (χ2v) is 8.39. The number of hydrogen-bond donors (Lipinski definition) is 3. The monoisotopic (exact) mass is 459 g/mol. The molecular weight excluding hydrogens is 431 g/mol. The van der Waals surface area contributed by atoms with Gasteiger partial charge >= 0.3 is 6.18 Å². The molecule has 0 saturated heterocycles. The summed E-state index contributed by atoms with van der Waals surface area (Å²) in [6, 6.07) is 7.06. The van der Waals surface area contributed by atoms with Crippen LogP contribution in [0.25, 0.3) is 0 Å². The Bertz CT molecular complexity index is 1030. The summed E-state index contributed by atoms with van der Waals surface area (Å²) in [4.78, 5) is 19.3. The summed E-state index contributed by atoms with van der Waals surface area (Å²) in [7, 11) is 1.72. The van der Waals surface area contributed by atoms with Gasteiger partial charge in [-0.15, -0.1) is 0 Å². The van der Waals surface area contributed by atoms with E-state index in [1.165, 1.54) is 18.3 Å². The van der Waals surface area contributed by atoms with Gasteiger partial charge in [0.05, 0.1) is 22.9 Å². The molecule has 1 aromatic carbocycles. The number of amides is 1. The average molecular weight is 460 g/mol. The smallest absolute Gasteiger partial charge is 0.394 e. The molecule has 0 bridgehead atoms. The van der Waals surface area contributed by atoms with E-state index in [-0.39, 0.29) is 24.4 Å². The lowest BCUT2D eigenvalue weighted by molar-refractivity contribution is -0.137. The summed E-state index contributed by atoms with van der Waals surface area (Å²) in [5, 5.41) is 13.0. The highest BCUT2D eigenvalue weighted by Crippen LogP contribution is 2.39. The Hall–Kier alpha value is -3.20. The molecule has 6 nitrogen and oxygen atoms in total. The topological polar surface area (TPSA) is 81.1 Å². The Labute approximate surface area is 191 Å². The zero-order valence-corrected chi connectivity index (χ0v) is 18.8. The maximum Gasteiger partial charge on any atom is 0.416 e. The van der Waals surface area contributed by atoms with Crippen molar-refractivity contribution in [1.82, 2.24) is 20.5 Å². The quantitative estimate of drug-likeness (QED) is 0.515. The largest absolute Gasteiger partial charge is 0.416 e. The first kappa shape index (κ1) is 24.4. The third-order valence-electron chi connectivity index (χ3n) is 5.58. The van der Waals surface area contributed by atoms with Crippen LogP contribution >= 0.6 is 0 Å². The molecule has 0 spiro atoms. The standard InChI is InChI=1S/C24H28F3N5O/c1-15(2)22-21-19(8-18(12-30-21)23(33)31-11-17(9-28)10-29-3)14-32(22)13-16-4-6-20(7-5-16)24(25,26)27/h4-10,12,15,22,28-29H,11,13-14H2,1-3H3,(H,31,33)/b17-10+,28-9?. The molecule has 3 rings (SSSR count). The van der Waals surface area contributed by atoms with Crippen molar-refractivity contribution in [3.8, 4) is 0 Å². The Balaban J connectivity index is 1.75. The van der Waals surface area contributed by atoms with E-state index in [1.807, 2.05) is 6.07 Å². The lowest BCUT2D eigenvalue weighted by Crippen LogP contribution is -2.27. The highest BCUT2D eigenvalue weighted by atomic mass is 19.4. The van der Waals surface area contributed by atoms with Crippen LogP contribution in [0.5, 0.6) is 0 Å². The van der Waals surface area contributed by atoms with Crippen LogP contribution in [0, 0.1) is 11.3 Å². The number of rotatable bonds is 8. The van der Waals surface area contributed by atoms with Crippen molar-refractivity contribution in [3.63, 3.8) is 0 Å². The van der Waals surface area contributed by atoms with Crippen LogP contribution in [-0.2, 0) is 19.3 Å². The average Bonchev–Trinajstić information content (AvgIpc) is 3.13. The first-order valence-corrected chi connectivity index (χ1v) is 10.7. The predicted molar refractivity (Wildman–Crippen MR) is 121 cm³/mol. The Morgan fingerprint density at radius 3 is 2.58 bits per heavy atom. The highest BCUT2D eigenvalue weighted by molar-refractivity contribution is 5.94. The summed E-state index contributed by atoms with van der Waals surface area (Å²) in [5.41, 5.74) is 3.01. The minimum atomic E-state index is -4.36. The number of pyridine rings is 1. The lowest BCUT2D eigenvalue weighted by atomic mass is 9.99. The molecule has 9 heteroatoms. The molecule has 176 valence electrons. The van der Waals surface area contributed by atoms with Gasteiger partial charge in [0.25, 0.3) is 5.91 Å². The maximum absolute atomic E-state index is 12.9. The molecule has 0 aliphatic carbocycles. The van der Waals surface area contributed by atoms with Crippen molar-refractivity contribution in [2.24, 2.45) is 5.92 Å². The van der Waals surface area contributed by atoms with Gasteiger partial charge in [-0.3, -0.25) is 14.7 Å². The molecule has 0 fully saturated rings. The normalized spacial score (nSPS) is 16.6. The molecule has 1 unspecified atom stereocenters. The van der Waals surface area contributed by atoms with Crippen LogP contribution in [0.2, 0.25) is 0 Å². The van der Waals surface area contributed by atoms with Gasteiger partial charge in [0.15, 0.2) is 0 Å². The van der Waals surface area contributed by atoms with E-state index in [0.717, 1.165) is 29.0 Å². The maximum atomic E-state index is 12.9. The van der Waals surface area contributed by atoms with Crippen LogP contribution in [0.4, 0.5) is 13.2 Å². The molecule has 3 N–H and O–H groups in total.